The van der Waals surface area contributed by atoms with Crippen LogP contribution in [0.2, 0.25) is 0 Å². The molecule has 0 fully saturated rings. The monoisotopic (exact) mass is 337 g/mol. The minimum absolute atomic E-state index is 0.0574. The lowest BCUT2D eigenvalue weighted by Gasteiger charge is -2.08. The normalized spacial score (nSPS) is 10.5. The third kappa shape index (κ3) is 3.87. The zero-order chi connectivity index (χ0) is 17.6. The summed E-state index contributed by atoms with van der Waals surface area (Å²) in [4.78, 5) is 12.3. The molecular weight excluding hydrogens is 318 g/mol. The number of ether oxygens (including phenoxy) is 1. The van der Waals surface area contributed by atoms with Crippen molar-refractivity contribution in [1.29, 1.82) is 0 Å². The number of methoxy groups -OCH3 is 1. The van der Waals surface area contributed by atoms with Gasteiger partial charge in [0.25, 0.3) is 5.91 Å². The molecule has 0 aliphatic heterocycles. The standard InChI is InChI=1S/C19H19N3O3/c1-25-17-8-6-16(7-9-17)22-11-10-18(21-22)19(24)20-12-14-4-2-3-5-15(14)13-23/h2-11,23H,12-13H2,1H3,(H,20,24). The summed E-state index contributed by atoms with van der Waals surface area (Å²) < 4.78 is 6.76. The molecule has 0 saturated heterocycles. The van der Waals surface area contributed by atoms with Gasteiger partial charge in [-0.25, -0.2) is 4.68 Å². The largest absolute Gasteiger partial charge is 0.497 e. The molecule has 1 amide bonds. The van der Waals surface area contributed by atoms with Gasteiger partial charge in [0.05, 0.1) is 19.4 Å². The fourth-order valence-corrected chi connectivity index (χ4v) is 2.47. The maximum Gasteiger partial charge on any atom is 0.272 e. The average molecular weight is 337 g/mol. The van der Waals surface area contributed by atoms with Gasteiger partial charge in [-0.15, -0.1) is 0 Å². The Morgan fingerprint density at radius 1 is 1.12 bits per heavy atom. The van der Waals surface area contributed by atoms with Crippen LogP contribution in [-0.2, 0) is 13.2 Å². The molecule has 0 bridgehead atoms. The van der Waals surface area contributed by atoms with Gasteiger partial charge in [0, 0.05) is 12.7 Å². The van der Waals surface area contributed by atoms with E-state index in [0.717, 1.165) is 22.6 Å². The molecule has 1 heterocycles. The van der Waals surface area contributed by atoms with E-state index in [1.54, 1.807) is 24.1 Å². The summed E-state index contributed by atoms with van der Waals surface area (Å²) in [6.07, 6.45) is 1.73. The molecule has 0 aliphatic rings. The molecule has 0 unspecified atom stereocenters. The first-order chi connectivity index (χ1) is 12.2. The number of amides is 1. The lowest BCUT2D eigenvalue weighted by molar-refractivity contribution is 0.0945. The zero-order valence-electron chi connectivity index (χ0n) is 13.8. The average Bonchev–Trinajstić information content (AvgIpc) is 3.16. The van der Waals surface area contributed by atoms with Crippen molar-refractivity contribution in [2.75, 3.05) is 7.11 Å². The second kappa shape index (κ2) is 7.63. The number of carbonyl (C=O) groups is 1. The lowest BCUT2D eigenvalue weighted by atomic mass is 10.1. The number of nitrogens with zero attached hydrogens (tertiary/aromatic N) is 2. The molecule has 3 aromatic rings. The van der Waals surface area contributed by atoms with E-state index in [9.17, 15) is 9.90 Å². The molecule has 2 N–H and O–H groups in total. The maximum absolute atomic E-state index is 12.3. The van der Waals surface area contributed by atoms with E-state index in [1.807, 2.05) is 48.5 Å². The zero-order valence-corrected chi connectivity index (χ0v) is 13.8. The highest BCUT2D eigenvalue weighted by Crippen LogP contribution is 2.14. The van der Waals surface area contributed by atoms with Crippen molar-refractivity contribution in [3.63, 3.8) is 0 Å². The van der Waals surface area contributed by atoms with Gasteiger partial charge in [-0.05, 0) is 41.5 Å². The number of aromatic nitrogens is 2. The van der Waals surface area contributed by atoms with Crippen molar-refractivity contribution in [3.8, 4) is 11.4 Å². The Hall–Kier alpha value is -3.12. The van der Waals surface area contributed by atoms with Crippen LogP contribution in [0.5, 0.6) is 5.75 Å². The van der Waals surface area contributed by atoms with Crippen LogP contribution < -0.4 is 10.1 Å². The fraction of sp³-hybridized carbons (Fsp3) is 0.158. The van der Waals surface area contributed by atoms with Gasteiger partial charge < -0.3 is 15.2 Å². The van der Waals surface area contributed by atoms with Crippen LogP contribution in [0.1, 0.15) is 21.6 Å². The smallest absolute Gasteiger partial charge is 0.272 e. The van der Waals surface area contributed by atoms with Crippen molar-refractivity contribution in [2.45, 2.75) is 13.2 Å². The summed E-state index contributed by atoms with van der Waals surface area (Å²) in [5.41, 5.74) is 2.85. The van der Waals surface area contributed by atoms with Gasteiger partial charge in [0.1, 0.15) is 5.75 Å². The quantitative estimate of drug-likeness (QED) is 0.724. The number of benzene rings is 2. The second-order valence-corrected chi connectivity index (χ2v) is 5.45. The van der Waals surface area contributed by atoms with Gasteiger partial charge in [0.2, 0.25) is 0 Å². The van der Waals surface area contributed by atoms with Gasteiger partial charge in [0.15, 0.2) is 5.69 Å². The number of aliphatic hydroxyl groups excluding tert-OH is 1. The predicted molar refractivity (Wildman–Crippen MR) is 93.7 cm³/mol. The molecule has 0 saturated carbocycles. The van der Waals surface area contributed by atoms with Gasteiger partial charge in [-0.1, -0.05) is 24.3 Å². The second-order valence-electron chi connectivity index (χ2n) is 5.45. The maximum atomic E-state index is 12.3. The highest BCUT2D eigenvalue weighted by molar-refractivity contribution is 5.92. The molecule has 2 aromatic carbocycles. The first-order valence-corrected chi connectivity index (χ1v) is 7.87. The van der Waals surface area contributed by atoms with Crippen LogP contribution in [0.15, 0.2) is 60.8 Å². The first-order valence-electron chi connectivity index (χ1n) is 7.87. The Morgan fingerprint density at radius 2 is 1.84 bits per heavy atom. The van der Waals surface area contributed by atoms with E-state index in [1.165, 1.54) is 0 Å². The summed E-state index contributed by atoms with van der Waals surface area (Å²) >= 11 is 0. The van der Waals surface area contributed by atoms with Crippen molar-refractivity contribution < 1.29 is 14.6 Å². The molecule has 0 radical (unpaired) electrons. The van der Waals surface area contributed by atoms with Crippen LogP contribution in [-0.4, -0.2) is 27.9 Å². The van der Waals surface area contributed by atoms with Crippen LogP contribution in [0.25, 0.3) is 5.69 Å². The van der Waals surface area contributed by atoms with E-state index in [2.05, 4.69) is 10.4 Å². The topological polar surface area (TPSA) is 76.4 Å². The Kier molecular flexibility index (Phi) is 5.11. The molecule has 6 heteroatoms. The molecule has 6 nitrogen and oxygen atoms in total. The fourth-order valence-electron chi connectivity index (χ4n) is 2.47. The number of aliphatic hydroxyl groups is 1. The lowest BCUT2D eigenvalue weighted by Crippen LogP contribution is -2.24. The molecule has 0 atom stereocenters. The number of carbonyl (C=O) groups excluding carboxylic acids is 1. The molecule has 0 spiro atoms. The van der Waals surface area contributed by atoms with Gasteiger partial charge in [-0.2, -0.15) is 5.10 Å². The van der Waals surface area contributed by atoms with E-state index >= 15 is 0 Å². The summed E-state index contributed by atoms with van der Waals surface area (Å²) in [5, 5.41) is 16.5. The number of rotatable bonds is 6. The van der Waals surface area contributed by atoms with E-state index in [0.29, 0.717) is 12.2 Å². The van der Waals surface area contributed by atoms with Crippen molar-refractivity contribution >= 4 is 5.91 Å². The molecule has 1 aromatic heterocycles. The molecular formula is C19H19N3O3. The molecule has 3 rings (SSSR count). The van der Waals surface area contributed by atoms with E-state index < -0.39 is 0 Å². The van der Waals surface area contributed by atoms with Crippen LogP contribution in [0, 0.1) is 0 Å². The first kappa shape index (κ1) is 16.7. The van der Waals surface area contributed by atoms with Crippen LogP contribution >= 0.6 is 0 Å². The Bertz CT molecular complexity index is 856. The third-order valence-electron chi connectivity index (χ3n) is 3.89. The number of nitrogens with one attached hydrogen (secondary N) is 1. The minimum Gasteiger partial charge on any atom is -0.497 e. The predicted octanol–water partition coefficient (Wildman–Crippen LogP) is 2.30. The summed E-state index contributed by atoms with van der Waals surface area (Å²) in [5.74, 6) is 0.497. The van der Waals surface area contributed by atoms with Crippen LogP contribution in [0.3, 0.4) is 0 Å². The van der Waals surface area contributed by atoms with E-state index in [-0.39, 0.29) is 12.5 Å². The summed E-state index contributed by atoms with van der Waals surface area (Å²) in [6, 6.07) is 16.5. The third-order valence-corrected chi connectivity index (χ3v) is 3.89. The Morgan fingerprint density at radius 3 is 2.52 bits per heavy atom. The molecule has 0 aliphatic carbocycles. The highest BCUT2D eigenvalue weighted by Gasteiger charge is 2.11. The number of hydrogen-bond acceptors (Lipinski definition) is 4. The minimum atomic E-state index is -0.264. The number of hydrogen-bond donors (Lipinski definition) is 2. The van der Waals surface area contributed by atoms with Crippen molar-refractivity contribution in [1.82, 2.24) is 15.1 Å². The van der Waals surface area contributed by atoms with E-state index in [4.69, 9.17) is 4.74 Å². The molecule has 25 heavy (non-hydrogen) atoms. The van der Waals surface area contributed by atoms with Gasteiger partial charge in [-0.3, -0.25) is 4.79 Å². The Labute approximate surface area is 145 Å². The highest BCUT2D eigenvalue weighted by atomic mass is 16.5. The summed E-state index contributed by atoms with van der Waals surface area (Å²) in [7, 11) is 1.61. The van der Waals surface area contributed by atoms with Crippen LogP contribution in [0.4, 0.5) is 0 Å². The van der Waals surface area contributed by atoms with Crippen molar-refractivity contribution in [2.24, 2.45) is 0 Å². The molecule has 128 valence electrons. The SMILES string of the molecule is COc1ccc(-n2ccc(C(=O)NCc3ccccc3CO)n2)cc1. The van der Waals surface area contributed by atoms with Gasteiger partial charge >= 0.3 is 0 Å². The summed E-state index contributed by atoms with van der Waals surface area (Å²) in [6.45, 7) is 0.281. The van der Waals surface area contributed by atoms with Crippen molar-refractivity contribution in [3.05, 3.63) is 77.6 Å². The Balaban J connectivity index is 1.68.